The molecule has 220 valence electrons. The molecule has 8 nitrogen and oxygen atoms in total. The fourth-order valence-electron chi connectivity index (χ4n) is 4.36. The Bertz CT molecular complexity index is 1750. The van der Waals surface area contributed by atoms with Crippen LogP contribution in [-0.4, -0.2) is 39.8 Å². The van der Waals surface area contributed by atoms with Crippen LogP contribution in [0.25, 0.3) is 21.5 Å². The lowest BCUT2D eigenvalue weighted by atomic mass is 9.98. The molecular formula is C35H32O8. The summed E-state index contributed by atoms with van der Waals surface area (Å²) >= 11 is 0. The van der Waals surface area contributed by atoms with Crippen molar-refractivity contribution in [3.05, 3.63) is 120 Å². The monoisotopic (exact) mass is 580 g/mol. The Labute approximate surface area is 248 Å². The number of aliphatic carboxylic acids is 1. The first-order chi connectivity index (χ1) is 20.6. The smallest absolute Gasteiger partial charge is 0.344 e. The molecule has 0 aliphatic heterocycles. The third-order valence-corrected chi connectivity index (χ3v) is 6.99. The minimum absolute atomic E-state index is 0.143. The first kappa shape index (κ1) is 30.6. The lowest BCUT2D eigenvalue weighted by Gasteiger charge is -2.12. The topological polar surface area (TPSA) is 130 Å². The van der Waals surface area contributed by atoms with Gasteiger partial charge in [0.25, 0.3) is 0 Å². The summed E-state index contributed by atoms with van der Waals surface area (Å²) in [6, 6.07) is 30.3. The predicted octanol–water partition coefficient (Wildman–Crippen LogP) is 6.67. The molecule has 0 radical (unpaired) electrons. The molecule has 0 saturated heterocycles. The van der Waals surface area contributed by atoms with Gasteiger partial charge in [0.15, 0.2) is 6.61 Å². The molecule has 2 unspecified atom stereocenters. The van der Waals surface area contributed by atoms with Crippen LogP contribution in [0, 0.1) is 0 Å². The molecule has 0 saturated carbocycles. The highest BCUT2D eigenvalue weighted by Gasteiger charge is 2.19. The van der Waals surface area contributed by atoms with Crippen LogP contribution in [0.2, 0.25) is 0 Å². The predicted molar refractivity (Wildman–Crippen MR) is 163 cm³/mol. The van der Waals surface area contributed by atoms with Gasteiger partial charge in [0.05, 0.1) is 11.8 Å². The lowest BCUT2D eigenvalue weighted by molar-refractivity contribution is -0.160. The van der Waals surface area contributed by atoms with Gasteiger partial charge in [-0.2, -0.15) is 0 Å². The second kappa shape index (κ2) is 14.0. The Kier molecular flexibility index (Phi) is 9.96. The van der Waals surface area contributed by atoms with Crippen LogP contribution >= 0.6 is 0 Å². The van der Waals surface area contributed by atoms with Crippen LogP contribution in [0.4, 0.5) is 0 Å². The number of fused-ring (bicyclic) bond motifs is 2. The van der Waals surface area contributed by atoms with Crippen molar-refractivity contribution >= 4 is 39.5 Å². The van der Waals surface area contributed by atoms with Crippen LogP contribution in [0.5, 0.6) is 11.5 Å². The Balaban J connectivity index is 0.000000225. The van der Waals surface area contributed by atoms with Gasteiger partial charge in [0, 0.05) is 0 Å². The van der Waals surface area contributed by atoms with Crippen LogP contribution in [0.15, 0.2) is 103 Å². The molecule has 0 aliphatic carbocycles. The number of carbonyl (C=O) groups is 3. The summed E-state index contributed by atoms with van der Waals surface area (Å²) in [6.45, 7) is 3.10. The number of esters is 2. The zero-order valence-electron chi connectivity index (χ0n) is 23.8. The molecule has 0 fully saturated rings. The summed E-state index contributed by atoms with van der Waals surface area (Å²) in [5, 5.41) is 31.4. The van der Waals surface area contributed by atoms with Crippen molar-refractivity contribution < 1.29 is 39.2 Å². The van der Waals surface area contributed by atoms with E-state index in [2.05, 4.69) is 0 Å². The average molecular weight is 581 g/mol. The first-order valence-corrected chi connectivity index (χ1v) is 13.6. The quantitative estimate of drug-likeness (QED) is 0.174. The summed E-state index contributed by atoms with van der Waals surface area (Å²) in [5.74, 6) is -2.55. The number of phenolic OH excluding ortho intramolecular Hbond substituents is 2. The lowest BCUT2D eigenvalue weighted by Crippen LogP contribution is -2.20. The van der Waals surface area contributed by atoms with Crippen molar-refractivity contribution in [2.45, 2.75) is 32.3 Å². The number of ether oxygens (including phenoxy) is 2. The highest BCUT2D eigenvalue weighted by atomic mass is 16.6. The second-order valence-corrected chi connectivity index (χ2v) is 10.1. The van der Waals surface area contributed by atoms with E-state index in [-0.39, 0.29) is 18.1 Å². The Morgan fingerprint density at radius 1 is 0.628 bits per heavy atom. The number of phenols is 2. The van der Waals surface area contributed by atoms with Gasteiger partial charge in [-0.05, 0) is 76.3 Å². The van der Waals surface area contributed by atoms with Crippen LogP contribution in [-0.2, 0) is 30.5 Å². The van der Waals surface area contributed by atoms with Crippen LogP contribution in [0.3, 0.4) is 0 Å². The number of hydrogen-bond donors (Lipinski definition) is 3. The van der Waals surface area contributed by atoms with Crippen LogP contribution in [0.1, 0.15) is 42.4 Å². The van der Waals surface area contributed by atoms with Gasteiger partial charge in [-0.1, -0.05) is 78.9 Å². The molecule has 3 N–H and O–H groups in total. The summed E-state index contributed by atoms with van der Waals surface area (Å²) in [7, 11) is 0. The summed E-state index contributed by atoms with van der Waals surface area (Å²) < 4.78 is 10.2. The third kappa shape index (κ3) is 8.33. The molecule has 0 heterocycles. The zero-order chi connectivity index (χ0) is 30.9. The van der Waals surface area contributed by atoms with E-state index in [9.17, 15) is 24.6 Å². The largest absolute Gasteiger partial charge is 0.508 e. The van der Waals surface area contributed by atoms with E-state index in [4.69, 9.17) is 14.6 Å². The SMILES string of the molecule is CC(C(=O)O)c1ccc2cc(O)ccc2c1.CC(C(=O)OCC(=O)OCc1ccccc1)c1ccc2cc(O)ccc2c1. The van der Waals surface area contributed by atoms with E-state index in [0.717, 1.165) is 38.2 Å². The molecule has 5 aromatic rings. The second-order valence-electron chi connectivity index (χ2n) is 10.1. The number of carboxylic acids is 1. The minimum atomic E-state index is -0.835. The van der Waals surface area contributed by atoms with E-state index in [1.54, 1.807) is 62.4 Å². The number of carbonyl (C=O) groups excluding carboxylic acids is 2. The summed E-state index contributed by atoms with van der Waals surface area (Å²) in [6.07, 6.45) is 0. The van der Waals surface area contributed by atoms with Gasteiger partial charge in [-0.3, -0.25) is 9.59 Å². The Hall–Kier alpha value is -5.37. The first-order valence-electron chi connectivity index (χ1n) is 13.6. The zero-order valence-corrected chi connectivity index (χ0v) is 23.8. The van der Waals surface area contributed by atoms with Crippen LogP contribution < -0.4 is 0 Å². The van der Waals surface area contributed by atoms with E-state index in [0.29, 0.717) is 0 Å². The molecule has 0 spiro atoms. The summed E-state index contributed by atoms with van der Waals surface area (Å²) in [4.78, 5) is 34.9. The van der Waals surface area contributed by atoms with Crippen molar-refractivity contribution in [2.24, 2.45) is 0 Å². The van der Waals surface area contributed by atoms with Gasteiger partial charge in [0.2, 0.25) is 0 Å². The van der Waals surface area contributed by atoms with E-state index in [1.165, 1.54) is 0 Å². The van der Waals surface area contributed by atoms with Crippen molar-refractivity contribution in [1.29, 1.82) is 0 Å². The standard InChI is InChI=1S/C22H20O5.C13H12O3/c1-15(17-7-8-19-12-20(23)10-9-18(19)11-17)22(25)27-14-21(24)26-13-16-5-3-2-4-6-16;1-8(13(15)16)9-2-3-11-7-12(14)5-4-10(11)6-9/h2-12,15,23H,13-14H2,1H3;2-8,14H,1H3,(H,15,16). The molecule has 0 amide bonds. The molecule has 2 atom stereocenters. The van der Waals surface area contributed by atoms with Gasteiger partial charge < -0.3 is 24.8 Å². The third-order valence-electron chi connectivity index (χ3n) is 6.99. The van der Waals surface area contributed by atoms with Gasteiger partial charge >= 0.3 is 17.9 Å². The number of aromatic hydroxyl groups is 2. The number of rotatable bonds is 8. The number of carboxylic acid groups (broad SMARTS) is 1. The van der Waals surface area contributed by atoms with Gasteiger partial charge in [-0.15, -0.1) is 0 Å². The van der Waals surface area contributed by atoms with Gasteiger partial charge in [0.1, 0.15) is 18.1 Å². The highest BCUT2D eigenvalue weighted by molar-refractivity contribution is 5.88. The normalized spacial score (nSPS) is 12.0. The number of hydrogen-bond acceptors (Lipinski definition) is 7. The molecular weight excluding hydrogens is 548 g/mol. The maximum atomic E-state index is 12.2. The minimum Gasteiger partial charge on any atom is -0.508 e. The van der Waals surface area contributed by atoms with Crippen molar-refractivity contribution in [3.63, 3.8) is 0 Å². The molecule has 43 heavy (non-hydrogen) atoms. The molecule has 0 bridgehead atoms. The molecule has 0 aliphatic rings. The molecule has 5 rings (SSSR count). The fourth-order valence-corrected chi connectivity index (χ4v) is 4.36. The van der Waals surface area contributed by atoms with E-state index in [1.807, 2.05) is 54.6 Å². The molecule has 8 heteroatoms. The molecule has 0 aromatic heterocycles. The average Bonchev–Trinajstić information content (AvgIpc) is 3.02. The maximum Gasteiger partial charge on any atom is 0.344 e. The Morgan fingerprint density at radius 2 is 1.12 bits per heavy atom. The maximum absolute atomic E-state index is 12.2. The van der Waals surface area contributed by atoms with Crippen molar-refractivity contribution in [2.75, 3.05) is 6.61 Å². The van der Waals surface area contributed by atoms with E-state index < -0.39 is 36.4 Å². The Morgan fingerprint density at radius 3 is 1.65 bits per heavy atom. The van der Waals surface area contributed by atoms with E-state index >= 15 is 0 Å². The molecule has 5 aromatic carbocycles. The van der Waals surface area contributed by atoms with Crippen molar-refractivity contribution in [1.82, 2.24) is 0 Å². The summed E-state index contributed by atoms with van der Waals surface area (Å²) in [5.41, 5.74) is 2.41. The van der Waals surface area contributed by atoms with Gasteiger partial charge in [-0.25, -0.2) is 4.79 Å². The van der Waals surface area contributed by atoms with Crippen molar-refractivity contribution in [3.8, 4) is 11.5 Å². The fraction of sp³-hybridized carbons (Fsp3) is 0.171. The highest BCUT2D eigenvalue weighted by Crippen LogP contribution is 2.26. The number of benzene rings is 5.